The Morgan fingerprint density at radius 1 is 1.09 bits per heavy atom. The summed E-state index contributed by atoms with van der Waals surface area (Å²) < 4.78 is 0. The van der Waals surface area contributed by atoms with Crippen molar-refractivity contribution in [2.45, 2.75) is 27.2 Å². The molecule has 1 aromatic carbocycles. The normalized spacial score (nSPS) is 9.91. The summed E-state index contributed by atoms with van der Waals surface area (Å²) >= 11 is 4.89. The summed E-state index contributed by atoms with van der Waals surface area (Å²) in [6.07, 6.45) is 0.381. The lowest BCUT2D eigenvalue weighted by molar-refractivity contribution is -0.122. The van der Waals surface area contributed by atoms with Gasteiger partial charge in [-0.15, -0.1) is 0 Å². The van der Waals surface area contributed by atoms with Gasteiger partial charge in [0.15, 0.2) is 5.11 Å². The van der Waals surface area contributed by atoms with Crippen molar-refractivity contribution in [3.05, 3.63) is 29.8 Å². The van der Waals surface area contributed by atoms with Crippen molar-refractivity contribution in [3.8, 4) is 0 Å². The van der Waals surface area contributed by atoms with E-state index in [1.165, 1.54) is 0 Å². The van der Waals surface area contributed by atoms with E-state index in [2.05, 4.69) is 21.5 Å². The maximum absolute atomic E-state index is 11.9. The molecule has 0 aliphatic carbocycles. The molecule has 0 aliphatic rings. The summed E-state index contributed by atoms with van der Waals surface area (Å²) in [7, 11) is 0. The average Bonchev–Trinajstić information content (AvgIpc) is 2.53. The van der Waals surface area contributed by atoms with Gasteiger partial charge in [-0.2, -0.15) is 0 Å². The third kappa shape index (κ3) is 6.43. The van der Waals surface area contributed by atoms with Crippen LogP contribution in [0.3, 0.4) is 0 Å². The quantitative estimate of drug-likeness (QED) is 0.491. The summed E-state index contributed by atoms with van der Waals surface area (Å²) in [6, 6.07) is 6.39. The van der Waals surface area contributed by atoms with Crippen LogP contribution in [0.2, 0.25) is 0 Å². The number of hydrazine groups is 1. The molecule has 0 spiro atoms. The molecular weight excluding hydrogens is 316 g/mol. The van der Waals surface area contributed by atoms with Crippen LogP contribution in [0.1, 0.15) is 37.6 Å². The number of thiocarbonyl (C=S) groups is 1. The summed E-state index contributed by atoms with van der Waals surface area (Å²) in [5.41, 5.74) is 5.83. The van der Waals surface area contributed by atoms with Gasteiger partial charge in [0.25, 0.3) is 5.91 Å². The van der Waals surface area contributed by atoms with Gasteiger partial charge in [0.2, 0.25) is 11.8 Å². The molecule has 23 heavy (non-hydrogen) atoms. The SMILES string of the molecule is CCC(=O)Nc1ccc(C(=O)NNC(=S)NC(=O)C(C)C)cc1. The van der Waals surface area contributed by atoms with Crippen molar-refractivity contribution < 1.29 is 14.4 Å². The van der Waals surface area contributed by atoms with Crippen molar-refractivity contribution in [1.82, 2.24) is 16.2 Å². The molecule has 0 aromatic heterocycles. The highest BCUT2D eigenvalue weighted by molar-refractivity contribution is 7.80. The fourth-order valence-electron chi connectivity index (χ4n) is 1.43. The molecule has 0 radical (unpaired) electrons. The lowest BCUT2D eigenvalue weighted by Crippen LogP contribution is -2.49. The van der Waals surface area contributed by atoms with Gasteiger partial charge < -0.3 is 10.6 Å². The van der Waals surface area contributed by atoms with Crippen LogP contribution in [0.15, 0.2) is 24.3 Å². The van der Waals surface area contributed by atoms with E-state index >= 15 is 0 Å². The standard InChI is InChI=1S/C15H20N4O3S/c1-4-12(20)16-11-7-5-10(6-8-11)14(22)18-19-15(23)17-13(21)9(2)3/h5-9H,4H2,1-3H3,(H,16,20)(H,18,22)(H2,17,19,21,23). The van der Waals surface area contributed by atoms with Crippen LogP contribution >= 0.6 is 12.2 Å². The molecule has 0 saturated carbocycles. The number of hydrogen-bond acceptors (Lipinski definition) is 4. The number of hydrogen-bond donors (Lipinski definition) is 4. The number of rotatable bonds is 4. The van der Waals surface area contributed by atoms with Crippen LogP contribution in [0.5, 0.6) is 0 Å². The van der Waals surface area contributed by atoms with E-state index in [4.69, 9.17) is 12.2 Å². The van der Waals surface area contributed by atoms with Crippen molar-refractivity contribution in [2.75, 3.05) is 5.32 Å². The minimum absolute atomic E-state index is 0.0175. The Morgan fingerprint density at radius 2 is 1.70 bits per heavy atom. The maximum Gasteiger partial charge on any atom is 0.269 e. The fourth-order valence-corrected chi connectivity index (χ4v) is 1.58. The summed E-state index contributed by atoms with van der Waals surface area (Å²) in [5.74, 6) is -0.973. The predicted molar refractivity (Wildman–Crippen MR) is 91.5 cm³/mol. The zero-order valence-corrected chi connectivity index (χ0v) is 14.0. The van der Waals surface area contributed by atoms with Crippen molar-refractivity contribution >= 4 is 40.7 Å². The van der Waals surface area contributed by atoms with Crippen LogP contribution in [-0.4, -0.2) is 22.8 Å². The first-order valence-electron chi connectivity index (χ1n) is 7.14. The Labute approximate surface area is 140 Å². The first kappa shape index (κ1) is 18.6. The Hall–Kier alpha value is -2.48. The maximum atomic E-state index is 11.9. The number of anilines is 1. The van der Waals surface area contributed by atoms with E-state index in [-0.39, 0.29) is 22.8 Å². The van der Waals surface area contributed by atoms with Gasteiger partial charge in [0, 0.05) is 23.6 Å². The van der Waals surface area contributed by atoms with E-state index in [0.717, 1.165) is 0 Å². The van der Waals surface area contributed by atoms with Crippen LogP contribution in [0.25, 0.3) is 0 Å². The second kappa shape index (κ2) is 8.84. The first-order chi connectivity index (χ1) is 10.8. The van der Waals surface area contributed by atoms with Crippen LogP contribution in [0, 0.1) is 5.92 Å². The number of benzene rings is 1. The molecule has 124 valence electrons. The van der Waals surface area contributed by atoms with Gasteiger partial charge >= 0.3 is 0 Å². The Morgan fingerprint density at radius 3 is 2.22 bits per heavy atom. The van der Waals surface area contributed by atoms with E-state index in [9.17, 15) is 14.4 Å². The zero-order chi connectivity index (χ0) is 17.4. The number of carbonyl (C=O) groups is 3. The van der Waals surface area contributed by atoms with Gasteiger partial charge in [-0.25, -0.2) is 0 Å². The van der Waals surface area contributed by atoms with Gasteiger partial charge in [-0.3, -0.25) is 25.2 Å². The minimum atomic E-state index is -0.417. The van der Waals surface area contributed by atoms with Gasteiger partial charge in [0.1, 0.15) is 0 Å². The summed E-state index contributed by atoms with van der Waals surface area (Å²) in [6.45, 7) is 5.22. The molecule has 0 fully saturated rings. The van der Waals surface area contributed by atoms with Gasteiger partial charge in [-0.1, -0.05) is 20.8 Å². The Kier molecular flexibility index (Phi) is 7.14. The van der Waals surface area contributed by atoms with Gasteiger partial charge in [0.05, 0.1) is 0 Å². The average molecular weight is 336 g/mol. The lowest BCUT2D eigenvalue weighted by atomic mass is 10.2. The zero-order valence-electron chi connectivity index (χ0n) is 13.2. The molecular formula is C15H20N4O3S. The van der Waals surface area contributed by atoms with Crippen LogP contribution in [0.4, 0.5) is 5.69 Å². The Balaban J connectivity index is 2.50. The summed E-state index contributed by atoms with van der Waals surface area (Å²) in [4.78, 5) is 34.6. The molecule has 0 saturated heterocycles. The van der Waals surface area contributed by atoms with Crippen molar-refractivity contribution in [3.63, 3.8) is 0 Å². The van der Waals surface area contributed by atoms with E-state index in [1.54, 1.807) is 45.0 Å². The van der Waals surface area contributed by atoms with E-state index in [1.807, 2.05) is 0 Å². The van der Waals surface area contributed by atoms with Crippen LogP contribution < -0.4 is 21.5 Å². The van der Waals surface area contributed by atoms with E-state index in [0.29, 0.717) is 17.7 Å². The number of carbonyl (C=O) groups excluding carboxylic acids is 3. The molecule has 1 aromatic rings. The molecule has 3 amide bonds. The molecule has 4 N–H and O–H groups in total. The molecule has 8 heteroatoms. The topological polar surface area (TPSA) is 99.3 Å². The van der Waals surface area contributed by atoms with Gasteiger partial charge in [-0.05, 0) is 36.5 Å². The molecule has 0 bridgehead atoms. The smallest absolute Gasteiger partial charge is 0.269 e. The van der Waals surface area contributed by atoms with Crippen molar-refractivity contribution in [1.29, 1.82) is 0 Å². The monoisotopic (exact) mass is 336 g/mol. The van der Waals surface area contributed by atoms with Crippen LogP contribution in [-0.2, 0) is 9.59 Å². The molecule has 0 aliphatic heterocycles. The highest BCUT2D eigenvalue weighted by Crippen LogP contribution is 2.09. The minimum Gasteiger partial charge on any atom is -0.326 e. The third-order valence-corrected chi connectivity index (χ3v) is 3.01. The second-order valence-corrected chi connectivity index (χ2v) is 5.44. The highest BCUT2D eigenvalue weighted by atomic mass is 32.1. The second-order valence-electron chi connectivity index (χ2n) is 5.03. The first-order valence-corrected chi connectivity index (χ1v) is 7.55. The molecule has 0 heterocycles. The lowest BCUT2D eigenvalue weighted by Gasteiger charge is -2.12. The predicted octanol–water partition coefficient (Wildman–Crippen LogP) is 1.33. The third-order valence-electron chi connectivity index (χ3n) is 2.80. The number of nitrogens with one attached hydrogen (secondary N) is 4. The molecule has 1 rings (SSSR count). The number of amides is 3. The largest absolute Gasteiger partial charge is 0.326 e. The van der Waals surface area contributed by atoms with Crippen molar-refractivity contribution in [2.24, 2.45) is 5.92 Å². The Bertz CT molecular complexity index is 599. The molecule has 0 unspecified atom stereocenters. The molecule has 7 nitrogen and oxygen atoms in total. The fraction of sp³-hybridized carbons (Fsp3) is 0.333. The summed E-state index contributed by atoms with van der Waals surface area (Å²) in [5, 5.41) is 5.15. The highest BCUT2D eigenvalue weighted by Gasteiger charge is 2.10. The van der Waals surface area contributed by atoms with E-state index < -0.39 is 5.91 Å². The molecule has 0 atom stereocenters.